The predicted octanol–water partition coefficient (Wildman–Crippen LogP) is 3.82. The predicted molar refractivity (Wildman–Crippen MR) is 80.3 cm³/mol. The van der Waals surface area contributed by atoms with Gasteiger partial charge in [-0.1, -0.05) is 18.0 Å². The minimum atomic E-state index is -0.710. The number of aromatic nitrogens is 1. The average molecular weight is 320 g/mol. The van der Waals surface area contributed by atoms with Gasteiger partial charge in [-0.25, -0.2) is 8.78 Å². The fourth-order valence-electron chi connectivity index (χ4n) is 2.95. The monoisotopic (exact) mass is 320 g/mol. The number of nitrogens with one attached hydrogen (secondary N) is 1. The van der Waals surface area contributed by atoms with Crippen LogP contribution in [-0.2, 0) is 11.3 Å². The SMILES string of the molecule is O=C(CC1CCCC1)NCc1cc(-c2ccc(F)cc2F)on1. The molecule has 1 heterocycles. The maximum Gasteiger partial charge on any atom is 0.220 e. The first kappa shape index (κ1) is 15.6. The van der Waals surface area contributed by atoms with Crippen molar-refractivity contribution in [1.29, 1.82) is 0 Å². The number of amides is 1. The van der Waals surface area contributed by atoms with E-state index in [0.717, 1.165) is 25.0 Å². The van der Waals surface area contributed by atoms with Gasteiger partial charge < -0.3 is 9.84 Å². The summed E-state index contributed by atoms with van der Waals surface area (Å²) in [6.07, 6.45) is 5.18. The second kappa shape index (κ2) is 6.89. The third kappa shape index (κ3) is 3.94. The molecule has 3 rings (SSSR count). The van der Waals surface area contributed by atoms with E-state index in [9.17, 15) is 13.6 Å². The molecule has 0 unspecified atom stereocenters. The van der Waals surface area contributed by atoms with Gasteiger partial charge in [-0.05, 0) is 30.9 Å². The molecule has 1 N–H and O–H groups in total. The van der Waals surface area contributed by atoms with E-state index in [2.05, 4.69) is 10.5 Å². The topological polar surface area (TPSA) is 55.1 Å². The van der Waals surface area contributed by atoms with Crippen LogP contribution in [0.1, 0.15) is 37.8 Å². The lowest BCUT2D eigenvalue weighted by atomic mass is 10.0. The average Bonchev–Trinajstić information content (AvgIpc) is 3.17. The zero-order valence-electron chi connectivity index (χ0n) is 12.6. The Balaban J connectivity index is 1.57. The molecule has 2 aromatic rings. The molecule has 4 nitrogen and oxygen atoms in total. The summed E-state index contributed by atoms with van der Waals surface area (Å²) < 4.78 is 31.7. The van der Waals surface area contributed by atoms with Crippen molar-refractivity contribution >= 4 is 5.91 Å². The highest BCUT2D eigenvalue weighted by molar-refractivity contribution is 5.76. The van der Waals surface area contributed by atoms with Crippen LogP contribution < -0.4 is 5.32 Å². The quantitative estimate of drug-likeness (QED) is 0.911. The van der Waals surface area contributed by atoms with Crippen LogP contribution in [0.4, 0.5) is 8.78 Å². The Morgan fingerprint density at radius 3 is 2.78 bits per heavy atom. The zero-order chi connectivity index (χ0) is 16.2. The van der Waals surface area contributed by atoms with E-state index in [-0.39, 0.29) is 23.8 Å². The summed E-state index contributed by atoms with van der Waals surface area (Å²) in [7, 11) is 0. The Morgan fingerprint density at radius 1 is 1.26 bits per heavy atom. The number of hydrogen-bond acceptors (Lipinski definition) is 3. The lowest BCUT2D eigenvalue weighted by Gasteiger charge is -2.08. The Labute approximate surface area is 132 Å². The van der Waals surface area contributed by atoms with Crippen LogP contribution in [0.5, 0.6) is 0 Å². The van der Waals surface area contributed by atoms with Crippen molar-refractivity contribution in [3.05, 3.63) is 41.6 Å². The molecule has 1 aliphatic rings. The van der Waals surface area contributed by atoms with Gasteiger partial charge in [0.1, 0.15) is 17.3 Å². The minimum Gasteiger partial charge on any atom is -0.356 e. The van der Waals surface area contributed by atoms with Gasteiger partial charge in [0, 0.05) is 18.6 Å². The normalized spacial score (nSPS) is 15.0. The number of carbonyl (C=O) groups is 1. The molecule has 1 aromatic heterocycles. The van der Waals surface area contributed by atoms with E-state index in [1.54, 1.807) is 6.07 Å². The van der Waals surface area contributed by atoms with Gasteiger partial charge in [0.25, 0.3) is 0 Å². The molecule has 0 aliphatic heterocycles. The van der Waals surface area contributed by atoms with Crippen LogP contribution in [0, 0.1) is 17.6 Å². The summed E-state index contributed by atoms with van der Waals surface area (Å²) in [4.78, 5) is 11.9. The molecule has 122 valence electrons. The maximum atomic E-state index is 13.7. The first-order chi connectivity index (χ1) is 11.1. The summed E-state index contributed by atoms with van der Waals surface area (Å²) in [5, 5.41) is 6.61. The Kier molecular flexibility index (Phi) is 4.69. The third-order valence-corrected chi connectivity index (χ3v) is 4.17. The largest absolute Gasteiger partial charge is 0.356 e. The van der Waals surface area contributed by atoms with E-state index >= 15 is 0 Å². The first-order valence-electron chi connectivity index (χ1n) is 7.79. The number of rotatable bonds is 5. The molecule has 23 heavy (non-hydrogen) atoms. The van der Waals surface area contributed by atoms with Crippen molar-refractivity contribution in [2.24, 2.45) is 5.92 Å². The minimum absolute atomic E-state index is 0.00517. The van der Waals surface area contributed by atoms with E-state index in [4.69, 9.17) is 4.52 Å². The van der Waals surface area contributed by atoms with Crippen LogP contribution >= 0.6 is 0 Å². The van der Waals surface area contributed by atoms with Crippen LogP contribution in [-0.4, -0.2) is 11.1 Å². The number of hydrogen-bond donors (Lipinski definition) is 1. The van der Waals surface area contributed by atoms with E-state index in [1.165, 1.54) is 18.9 Å². The van der Waals surface area contributed by atoms with Crippen molar-refractivity contribution in [2.45, 2.75) is 38.6 Å². The summed E-state index contributed by atoms with van der Waals surface area (Å²) in [5.41, 5.74) is 0.644. The van der Waals surface area contributed by atoms with Gasteiger partial charge in [0.2, 0.25) is 5.91 Å². The summed E-state index contributed by atoms with van der Waals surface area (Å²) in [6, 6.07) is 4.80. The third-order valence-electron chi connectivity index (χ3n) is 4.17. The number of carbonyl (C=O) groups excluding carboxylic acids is 1. The lowest BCUT2D eigenvalue weighted by molar-refractivity contribution is -0.122. The number of halogens is 2. The second-order valence-corrected chi connectivity index (χ2v) is 5.94. The molecular weight excluding hydrogens is 302 g/mol. The molecule has 0 bridgehead atoms. The van der Waals surface area contributed by atoms with Crippen LogP contribution in [0.25, 0.3) is 11.3 Å². The second-order valence-electron chi connectivity index (χ2n) is 5.94. The standard InChI is InChI=1S/C17H18F2N2O2/c18-12-5-6-14(15(19)8-12)16-9-13(21-23-16)10-20-17(22)7-11-3-1-2-4-11/h5-6,8-9,11H,1-4,7,10H2,(H,20,22). The van der Waals surface area contributed by atoms with Crippen molar-refractivity contribution in [1.82, 2.24) is 10.5 Å². The molecule has 0 radical (unpaired) electrons. The Morgan fingerprint density at radius 2 is 2.04 bits per heavy atom. The molecule has 1 aromatic carbocycles. The highest BCUT2D eigenvalue weighted by Crippen LogP contribution is 2.27. The van der Waals surface area contributed by atoms with Gasteiger partial charge in [0.15, 0.2) is 5.76 Å². The molecule has 0 saturated heterocycles. The molecule has 0 spiro atoms. The van der Waals surface area contributed by atoms with Gasteiger partial charge >= 0.3 is 0 Å². The molecule has 1 aliphatic carbocycles. The van der Waals surface area contributed by atoms with Crippen LogP contribution in [0.15, 0.2) is 28.8 Å². The van der Waals surface area contributed by atoms with Crippen molar-refractivity contribution in [3.8, 4) is 11.3 Å². The molecule has 1 saturated carbocycles. The van der Waals surface area contributed by atoms with Gasteiger partial charge in [-0.3, -0.25) is 4.79 Å². The van der Waals surface area contributed by atoms with E-state index in [0.29, 0.717) is 18.0 Å². The van der Waals surface area contributed by atoms with Crippen LogP contribution in [0.2, 0.25) is 0 Å². The highest BCUT2D eigenvalue weighted by atomic mass is 19.1. The Hall–Kier alpha value is -2.24. The van der Waals surface area contributed by atoms with Crippen molar-refractivity contribution in [2.75, 3.05) is 0 Å². The molecule has 1 fully saturated rings. The van der Waals surface area contributed by atoms with Gasteiger partial charge in [0.05, 0.1) is 12.1 Å². The molecule has 0 atom stereocenters. The highest BCUT2D eigenvalue weighted by Gasteiger charge is 2.18. The smallest absolute Gasteiger partial charge is 0.220 e. The molecule has 6 heteroatoms. The van der Waals surface area contributed by atoms with Crippen molar-refractivity contribution in [3.63, 3.8) is 0 Å². The summed E-state index contributed by atoms with van der Waals surface area (Å²) >= 11 is 0. The summed E-state index contributed by atoms with van der Waals surface area (Å²) in [6.45, 7) is 0.234. The fourth-order valence-corrected chi connectivity index (χ4v) is 2.95. The zero-order valence-corrected chi connectivity index (χ0v) is 12.6. The Bertz CT molecular complexity index is 694. The maximum absolute atomic E-state index is 13.7. The van der Waals surface area contributed by atoms with Crippen LogP contribution in [0.3, 0.4) is 0 Å². The van der Waals surface area contributed by atoms with E-state index in [1.807, 2.05) is 0 Å². The molecular formula is C17H18F2N2O2. The first-order valence-corrected chi connectivity index (χ1v) is 7.79. The number of nitrogens with zero attached hydrogens (tertiary/aromatic N) is 1. The van der Waals surface area contributed by atoms with Gasteiger partial charge in [-0.15, -0.1) is 0 Å². The molecule has 1 amide bonds. The van der Waals surface area contributed by atoms with Gasteiger partial charge in [-0.2, -0.15) is 0 Å². The number of benzene rings is 1. The van der Waals surface area contributed by atoms with E-state index < -0.39 is 11.6 Å². The van der Waals surface area contributed by atoms with Crippen molar-refractivity contribution < 1.29 is 18.1 Å². The lowest BCUT2D eigenvalue weighted by Crippen LogP contribution is -2.24. The summed E-state index contributed by atoms with van der Waals surface area (Å²) in [5.74, 6) is -0.670. The fraction of sp³-hybridized carbons (Fsp3) is 0.412.